The summed E-state index contributed by atoms with van der Waals surface area (Å²) in [6, 6.07) is 0. The van der Waals surface area contributed by atoms with Gasteiger partial charge in [-0.2, -0.15) is 13.2 Å². The zero-order valence-corrected chi connectivity index (χ0v) is 9.75. The number of hydrogen-bond acceptors (Lipinski definition) is 4. The molecule has 0 unspecified atom stereocenters. The van der Waals surface area contributed by atoms with Crippen molar-refractivity contribution in [3.05, 3.63) is 24.1 Å². The normalized spacial score (nSPS) is 10.9. The van der Waals surface area contributed by atoms with Gasteiger partial charge in [0.2, 0.25) is 0 Å². The Kier molecular flexibility index (Phi) is 5.49. The summed E-state index contributed by atoms with van der Waals surface area (Å²) in [5, 5.41) is 0. The number of allylic oxidation sites excluding steroid dienone is 2. The Labute approximate surface area is 95.3 Å². The van der Waals surface area contributed by atoms with E-state index in [1.165, 1.54) is 23.3 Å². The number of thioether (sulfide) groups is 1. The highest BCUT2D eigenvalue weighted by Crippen LogP contribution is 2.21. The fraction of sp³-hybridized carbons (Fsp3) is 0.333. The van der Waals surface area contributed by atoms with Gasteiger partial charge < -0.3 is 0 Å². The summed E-state index contributed by atoms with van der Waals surface area (Å²) in [6.07, 6.45) is 3.31. The monoisotopic (exact) mass is 248 g/mol. The van der Waals surface area contributed by atoms with E-state index in [9.17, 15) is 8.78 Å². The fourth-order valence-electron chi connectivity index (χ4n) is 0.810. The van der Waals surface area contributed by atoms with E-state index in [2.05, 4.69) is 9.36 Å². The second kappa shape index (κ2) is 6.68. The van der Waals surface area contributed by atoms with Crippen LogP contribution in [0.5, 0.6) is 0 Å². The molecule has 6 heteroatoms. The first kappa shape index (κ1) is 12.3. The summed E-state index contributed by atoms with van der Waals surface area (Å²) in [6.45, 7) is 1.89. The van der Waals surface area contributed by atoms with Crippen LogP contribution >= 0.6 is 23.3 Å². The van der Waals surface area contributed by atoms with Crippen LogP contribution in [0.2, 0.25) is 0 Å². The molecule has 0 aliphatic carbocycles. The van der Waals surface area contributed by atoms with E-state index in [-0.39, 0.29) is 0 Å². The molecule has 0 saturated heterocycles. The average molecular weight is 248 g/mol. The minimum Gasteiger partial charge on any atom is -0.209 e. The van der Waals surface area contributed by atoms with Crippen LogP contribution in [0.3, 0.4) is 0 Å². The Morgan fingerprint density at radius 2 is 2.33 bits per heavy atom. The Morgan fingerprint density at radius 1 is 1.53 bits per heavy atom. The third-order valence-corrected chi connectivity index (χ3v) is 3.26. The molecule has 0 saturated carbocycles. The van der Waals surface area contributed by atoms with Gasteiger partial charge in [-0.15, -0.1) is 0 Å². The minimum atomic E-state index is -1.62. The van der Waals surface area contributed by atoms with E-state index in [4.69, 9.17) is 0 Å². The Balaban J connectivity index is 2.34. The van der Waals surface area contributed by atoms with Crippen LogP contribution in [0.1, 0.15) is 19.2 Å². The molecular formula is C9H10F2N2S2. The molecular weight excluding hydrogens is 238 g/mol. The minimum absolute atomic E-state index is 0.353. The first-order valence-corrected chi connectivity index (χ1v) is 6.08. The van der Waals surface area contributed by atoms with Crippen molar-refractivity contribution in [1.29, 1.82) is 0 Å². The summed E-state index contributed by atoms with van der Waals surface area (Å²) in [4.78, 5) is 4.19. The van der Waals surface area contributed by atoms with Gasteiger partial charge in [0.1, 0.15) is 0 Å². The molecule has 1 heterocycles. The second-order valence-corrected chi connectivity index (χ2v) is 4.64. The molecule has 15 heavy (non-hydrogen) atoms. The van der Waals surface area contributed by atoms with Crippen LogP contribution in [0.15, 0.2) is 22.6 Å². The highest BCUT2D eigenvalue weighted by molar-refractivity contribution is 8.00. The van der Waals surface area contributed by atoms with Crippen molar-refractivity contribution >= 4 is 29.4 Å². The summed E-state index contributed by atoms with van der Waals surface area (Å²) >= 11 is 2.73. The SMILES string of the molecule is CC=Cc1nsc(SCCC=C(F)F)n1. The molecule has 1 rings (SSSR count). The molecule has 82 valence electrons. The van der Waals surface area contributed by atoms with Gasteiger partial charge in [-0.25, -0.2) is 4.98 Å². The predicted molar refractivity (Wildman–Crippen MR) is 60.3 cm³/mol. The van der Waals surface area contributed by atoms with Crippen molar-refractivity contribution in [3.63, 3.8) is 0 Å². The average Bonchev–Trinajstić information content (AvgIpc) is 2.61. The summed E-state index contributed by atoms with van der Waals surface area (Å²) in [5.41, 5.74) is 0. The number of rotatable bonds is 5. The molecule has 1 aromatic heterocycles. The van der Waals surface area contributed by atoms with Crippen molar-refractivity contribution in [2.24, 2.45) is 0 Å². The van der Waals surface area contributed by atoms with E-state index >= 15 is 0 Å². The molecule has 0 radical (unpaired) electrons. The molecule has 0 aromatic carbocycles. The van der Waals surface area contributed by atoms with Gasteiger partial charge in [0.05, 0.1) is 0 Å². The van der Waals surface area contributed by atoms with Crippen molar-refractivity contribution in [1.82, 2.24) is 9.36 Å². The maximum Gasteiger partial charge on any atom is 0.266 e. The number of aromatic nitrogens is 2. The lowest BCUT2D eigenvalue weighted by molar-refractivity contribution is 0.418. The maximum atomic E-state index is 11.7. The van der Waals surface area contributed by atoms with E-state index in [0.717, 1.165) is 10.4 Å². The van der Waals surface area contributed by atoms with Gasteiger partial charge in [0, 0.05) is 5.75 Å². The zero-order valence-electron chi connectivity index (χ0n) is 8.11. The standard InChI is InChI=1S/C9H10F2N2S2/c1-2-4-8-12-9(15-13-8)14-6-3-5-7(10)11/h2,4-5H,3,6H2,1H3. The fourth-order valence-corrected chi connectivity index (χ4v) is 2.36. The van der Waals surface area contributed by atoms with E-state index in [1.54, 1.807) is 0 Å². The number of hydrogen-bond donors (Lipinski definition) is 0. The molecule has 2 nitrogen and oxygen atoms in total. The lowest BCUT2D eigenvalue weighted by atomic mass is 10.5. The molecule has 1 aromatic rings. The lowest BCUT2D eigenvalue weighted by Gasteiger charge is -1.90. The van der Waals surface area contributed by atoms with E-state index in [1.807, 2.05) is 19.1 Å². The van der Waals surface area contributed by atoms with Crippen LogP contribution in [-0.4, -0.2) is 15.1 Å². The Bertz CT molecular complexity index is 357. The van der Waals surface area contributed by atoms with Crippen LogP contribution in [0, 0.1) is 0 Å². The van der Waals surface area contributed by atoms with Crippen molar-refractivity contribution < 1.29 is 8.78 Å². The summed E-state index contributed by atoms with van der Waals surface area (Å²) in [7, 11) is 0. The molecule has 0 N–H and O–H groups in total. The van der Waals surface area contributed by atoms with Gasteiger partial charge >= 0.3 is 0 Å². The van der Waals surface area contributed by atoms with Crippen LogP contribution in [-0.2, 0) is 0 Å². The van der Waals surface area contributed by atoms with Gasteiger partial charge in [-0.05, 0) is 37.0 Å². The molecule has 0 atom stereocenters. The summed E-state index contributed by atoms with van der Waals surface area (Å²) < 4.78 is 28.3. The second-order valence-electron chi connectivity index (χ2n) is 2.55. The largest absolute Gasteiger partial charge is 0.266 e. The molecule has 0 spiro atoms. The van der Waals surface area contributed by atoms with Crippen molar-refractivity contribution in [3.8, 4) is 0 Å². The van der Waals surface area contributed by atoms with Crippen LogP contribution in [0.25, 0.3) is 6.08 Å². The quantitative estimate of drug-likeness (QED) is 0.585. The van der Waals surface area contributed by atoms with Crippen LogP contribution < -0.4 is 0 Å². The zero-order chi connectivity index (χ0) is 11.1. The molecule has 0 bridgehead atoms. The third kappa shape index (κ3) is 5.03. The van der Waals surface area contributed by atoms with Crippen molar-refractivity contribution in [2.75, 3.05) is 5.75 Å². The number of nitrogens with zero attached hydrogens (tertiary/aromatic N) is 2. The predicted octanol–water partition coefficient (Wildman–Crippen LogP) is 3.83. The van der Waals surface area contributed by atoms with Gasteiger partial charge in [0.25, 0.3) is 6.08 Å². The highest BCUT2D eigenvalue weighted by Gasteiger charge is 2.01. The Morgan fingerprint density at radius 3 is 3.00 bits per heavy atom. The first-order valence-electron chi connectivity index (χ1n) is 4.32. The third-order valence-electron chi connectivity index (χ3n) is 1.38. The van der Waals surface area contributed by atoms with Crippen molar-refractivity contribution in [2.45, 2.75) is 17.7 Å². The number of halogens is 2. The van der Waals surface area contributed by atoms with E-state index in [0.29, 0.717) is 18.0 Å². The van der Waals surface area contributed by atoms with Crippen LogP contribution in [0.4, 0.5) is 8.78 Å². The van der Waals surface area contributed by atoms with E-state index < -0.39 is 6.08 Å². The smallest absolute Gasteiger partial charge is 0.209 e. The molecule has 0 aliphatic heterocycles. The first-order chi connectivity index (χ1) is 7.22. The summed E-state index contributed by atoms with van der Waals surface area (Å²) in [5.74, 6) is 1.28. The lowest BCUT2D eigenvalue weighted by Crippen LogP contribution is -1.77. The topological polar surface area (TPSA) is 25.8 Å². The van der Waals surface area contributed by atoms with Gasteiger partial charge in [-0.3, -0.25) is 0 Å². The molecule has 0 aliphatic rings. The maximum absolute atomic E-state index is 11.7. The Hall–Kier alpha value is -0.750. The van der Waals surface area contributed by atoms with Gasteiger partial charge in [-0.1, -0.05) is 17.8 Å². The van der Waals surface area contributed by atoms with Gasteiger partial charge in [0.15, 0.2) is 10.2 Å². The molecule has 0 fully saturated rings. The molecule has 0 amide bonds. The highest BCUT2D eigenvalue weighted by atomic mass is 32.2.